The maximum absolute atomic E-state index is 13.4. The SMILES string of the molecule is COc1cc(F)cc(CNC(=O)N(C)CC2CCCC2O)c1. The highest BCUT2D eigenvalue weighted by molar-refractivity contribution is 5.73. The van der Waals surface area contributed by atoms with Gasteiger partial charge in [0.1, 0.15) is 11.6 Å². The lowest BCUT2D eigenvalue weighted by molar-refractivity contribution is 0.114. The van der Waals surface area contributed by atoms with Gasteiger partial charge in [0.15, 0.2) is 0 Å². The summed E-state index contributed by atoms with van der Waals surface area (Å²) in [5.41, 5.74) is 0.638. The number of rotatable bonds is 5. The van der Waals surface area contributed by atoms with Crippen molar-refractivity contribution in [1.82, 2.24) is 10.2 Å². The topological polar surface area (TPSA) is 61.8 Å². The monoisotopic (exact) mass is 310 g/mol. The Kier molecular flexibility index (Phi) is 5.60. The molecule has 0 radical (unpaired) electrons. The largest absolute Gasteiger partial charge is 0.497 e. The number of urea groups is 1. The Morgan fingerprint density at radius 3 is 2.86 bits per heavy atom. The molecule has 1 aliphatic rings. The summed E-state index contributed by atoms with van der Waals surface area (Å²) < 4.78 is 18.4. The number of amides is 2. The number of aliphatic hydroxyl groups is 1. The van der Waals surface area contributed by atoms with E-state index in [9.17, 15) is 14.3 Å². The molecule has 0 saturated heterocycles. The number of benzene rings is 1. The molecule has 2 atom stereocenters. The standard InChI is InChI=1S/C16H23FN2O3/c1-19(10-12-4-3-5-15(12)20)16(21)18-9-11-6-13(17)8-14(7-11)22-2/h6-8,12,15,20H,3-5,9-10H2,1-2H3,(H,18,21). The third kappa shape index (κ3) is 4.34. The van der Waals surface area contributed by atoms with Gasteiger partial charge in [0, 0.05) is 32.1 Å². The van der Waals surface area contributed by atoms with Crippen molar-refractivity contribution in [2.45, 2.75) is 31.9 Å². The van der Waals surface area contributed by atoms with Crippen molar-refractivity contribution in [1.29, 1.82) is 0 Å². The number of hydrogen-bond donors (Lipinski definition) is 2. The second kappa shape index (κ2) is 7.45. The molecule has 0 aliphatic heterocycles. The molecule has 6 heteroatoms. The van der Waals surface area contributed by atoms with Crippen LogP contribution in [0.4, 0.5) is 9.18 Å². The summed E-state index contributed by atoms with van der Waals surface area (Å²) in [6.07, 6.45) is 2.44. The van der Waals surface area contributed by atoms with Gasteiger partial charge >= 0.3 is 6.03 Å². The average Bonchev–Trinajstić information content (AvgIpc) is 2.89. The zero-order valence-electron chi connectivity index (χ0n) is 13.0. The van der Waals surface area contributed by atoms with Gasteiger partial charge in [-0.2, -0.15) is 0 Å². The van der Waals surface area contributed by atoms with Crippen LogP contribution >= 0.6 is 0 Å². The molecule has 0 aromatic heterocycles. The minimum atomic E-state index is -0.397. The number of aliphatic hydroxyl groups excluding tert-OH is 1. The Labute approximate surface area is 130 Å². The summed E-state index contributed by atoms with van der Waals surface area (Å²) in [6.45, 7) is 0.754. The molecule has 0 spiro atoms. The number of nitrogens with zero attached hydrogens (tertiary/aromatic N) is 1. The van der Waals surface area contributed by atoms with Gasteiger partial charge in [-0.3, -0.25) is 0 Å². The number of methoxy groups -OCH3 is 1. The molecule has 1 aromatic carbocycles. The average molecular weight is 310 g/mol. The first-order chi connectivity index (χ1) is 10.5. The van der Waals surface area contributed by atoms with E-state index in [0.717, 1.165) is 19.3 Å². The Morgan fingerprint density at radius 1 is 1.45 bits per heavy atom. The molecule has 122 valence electrons. The van der Waals surface area contributed by atoms with Gasteiger partial charge < -0.3 is 20.1 Å². The summed E-state index contributed by atoms with van der Waals surface area (Å²) in [5.74, 6) is 0.169. The first-order valence-electron chi connectivity index (χ1n) is 7.50. The fourth-order valence-electron chi connectivity index (χ4n) is 2.82. The molecule has 5 nitrogen and oxygen atoms in total. The van der Waals surface area contributed by atoms with Crippen LogP contribution in [-0.4, -0.2) is 42.8 Å². The van der Waals surface area contributed by atoms with E-state index in [-0.39, 0.29) is 24.6 Å². The van der Waals surface area contributed by atoms with Crippen LogP contribution in [-0.2, 0) is 6.54 Å². The van der Waals surface area contributed by atoms with Crippen LogP contribution in [0.1, 0.15) is 24.8 Å². The van der Waals surface area contributed by atoms with Crippen LogP contribution < -0.4 is 10.1 Å². The van der Waals surface area contributed by atoms with E-state index in [1.165, 1.54) is 19.2 Å². The smallest absolute Gasteiger partial charge is 0.317 e. The van der Waals surface area contributed by atoms with Crippen molar-refractivity contribution in [2.75, 3.05) is 20.7 Å². The lowest BCUT2D eigenvalue weighted by Crippen LogP contribution is -2.40. The lowest BCUT2D eigenvalue weighted by atomic mass is 10.1. The van der Waals surface area contributed by atoms with Gasteiger partial charge in [-0.15, -0.1) is 0 Å². The van der Waals surface area contributed by atoms with Gasteiger partial charge in [0.2, 0.25) is 0 Å². The van der Waals surface area contributed by atoms with Crippen LogP contribution in [0.25, 0.3) is 0 Å². The highest BCUT2D eigenvalue weighted by Gasteiger charge is 2.27. The van der Waals surface area contributed by atoms with Gasteiger partial charge in [-0.25, -0.2) is 9.18 Å². The van der Waals surface area contributed by atoms with Gasteiger partial charge in [-0.05, 0) is 30.5 Å². The van der Waals surface area contributed by atoms with E-state index in [0.29, 0.717) is 17.9 Å². The molecule has 2 unspecified atom stereocenters. The van der Waals surface area contributed by atoms with E-state index in [1.807, 2.05) is 0 Å². The summed E-state index contributed by atoms with van der Waals surface area (Å²) in [4.78, 5) is 13.6. The second-order valence-electron chi connectivity index (χ2n) is 5.80. The van der Waals surface area contributed by atoms with Gasteiger partial charge in [0.05, 0.1) is 13.2 Å². The van der Waals surface area contributed by atoms with Crippen molar-refractivity contribution in [2.24, 2.45) is 5.92 Å². The Morgan fingerprint density at radius 2 is 2.23 bits per heavy atom. The predicted octanol–water partition coefficient (Wildman–Crippen LogP) is 2.14. The zero-order valence-corrected chi connectivity index (χ0v) is 13.0. The summed E-state index contributed by atoms with van der Waals surface area (Å²) in [5, 5.41) is 12.6. The molecule has 22 heavy (non-hydrogen) atoms. The van der Waals surface area contributed by atoms with E-state index < -0.39 is 5.82 Å². The van der Waals surface area contributed by atoms with Gasteiger partial charge in [0.25, 0.3) is 0 Å². The van der Waals surface area contributed by atoms with E-state index in [2.05, 4.69) is 5.32 Å². The fourth-order valence-corrected chi connectivity index (χ4v) is 2.82. The van der Waals surface area contributed by atoms with Crippen LogP contribution in [0.5, 0.6) is 5.75 Å². The van der Waals surface area contributed by atoms with Crippen molar-refractivity contribution < 1.29 is 19.0 Å². The quantitative estimate of drug-likeness (QED) is 0.876. The number of hydrogen-bond acceptors (Lipinski definition) is 3. The van der Waals surface area contributed by atoms with Crippen LogP contribution in [0.3, 0.4) is 0 Å². The highest BCUT2D eigenvalue weighted by atomic mass is 19.1. The molecule has 1 aromatic rings. The lowest BCUT2D eigenvalue weighted by Gasteiger charge is -2.23. The molecule has 1 aliphatic carbocycles. The van der Waals surface area contributed by atoms with E-state index >= 15 is 0 Å². The van der Waals surface area contributed by atoms with E-state index in [4.69, 9.17) is 4.74 Å². The number of carbonyl (C=O) groups is 1. The predicted molar refractivity (Wildman–Crippen MR) is 81.2 cm³/mol. The van der Waals surface area contributed by atoms with Crippen LogP contribution in [0.15, 0.2) is 18.2 Å². The molecule has 1 fully saturated rings. The Balaban J connectivity index is 1.85. The second-order valence-corrected chi connectivity index (χ2v) is 5.80. The molecule has 2 N–H and O–H groups in total. The maximum Gasteiger partial charge on any atom is 0.317 e. The Bertz CT molecular complexity index is 524. The summed E-state index contributed by atoms with van der Waals surface area (Å²) in [6, 6.07) is 4.11. The van der Waals surface area contributed by atoms with Crippen molar-refractivity contribution in [3.63, 3.8) is 0 Å². The molecular formula is C16H23FN2O3. The molecule has 0 heterocycles. The minimum absolute atomic E-state index is 0.144. The maximum atomic E-state index is 13.4. The number of halogens is 1. The molecule has 2 amide bonds. The number of nitrogens with one attached hydrogen (secondary N) is 1. The highest BCUT2D eigenvalue weighted by Crippen LogP contribution is 2.26. The first-order valence-corrected chi connectivity index (χ1v) is 7.50. The molecular weight excluding hydrogens is 287 g/mol. The van der Waals surface area contributed by atoms with Gasteiger partial charge in [-0.1, -0.05) is 6.42 Å². The third-order valence-corrected chi connectivity index (χ3v) is 4.08. The van der Waals surface area contributed by atoms with Crippen LogP contribution in [0, 0.1) is 11.7 Å². The number of ether oxygens (including phenoxy) is 1. The minimum Gasteiger partial charge on any atom is -0.497 e. The summed E-state index contributed by atoms with van der Waals surface area (Å²) >= 11 is 0. The molecule has 2 rings (SSSR count). The van der Waals surface area contributed by atoms with Crippen LogP contribution in [0.2, 0.25) is 0 Å². The molecule has 0 bridgehead atoms. The van der Waals surface area contributed by atoms with Crippen molar-refractivity contribution in [3.8, 4) is 5.75 Å². The van der Waals surface area contributed by atoms with Crippen molar-refractivity contribution in [3.05, 3.63) is 29.6 Å². The zero-order chi connectivity index (χ0) is 16.1. The number of carbonyl (C=O) groups excluding carboxylic acids is 1. The fraction of sp³-hybridized carbons (Fsp3) is 0.562. The molecule has 1 saturated carbocycles. The Hall–Kier alpha value is -1.82. The summed E-state index contributed by atoms with van der Waals surface area (Å²) in [7, 11) is 3.17. The normalized spacial score (nSPS) is 20.7. The first kappa shape index (κ1) is 16.5. The van der Waals surface area contributed by atoms with Crippen molar-refractivity contribution >= 4 is 6.03 Å². The third-order valence-electron chi connectivity index (χ3n) is 4.08. The van der Waals surface area contributed by atoms with E-state index in [1.54, 1.807) is 18.0 Å².